The highest BCUT2D eigenvalue weighted by Gasteiger charge is 2.35. The van der Waals surface area contributed by atoms with Crippen LogP contribution < -0.4 is 10.5 Å². The van der Waals surface area contributed by atoms with Crippen LogP contribution in [-0.2, 0) is 4.79 Å². The van der Waals surface area contributed by atoms with Crippen LogP contribution in [0.4, 0.5) is 0 Å². The highest BCUT2D eigenvalue weighted by molar-refractivity contribution is 6.77. The number of hydrogen-bond donors (Lipinski definition) is 2. The second-order valence-electron chi connectivity index (χ2n) is 4.68. The van der Waals surface area contributed by atoms with Gasteiger partial charge < -0.3 is 0 Å². The Labute approximate surface area is 76.0 Å². The second-order valence-corrected chi connectivity index (χ2v) is 9.68. The fourth-order valence-corrected chi connectivity index (χ4v) is 1.30. The SMILES string of the molecule is CC(=O)NN[Si](C)(C)C(C)(C)C. The van der Waals surface area contributed by atoms with Crippen molar-refractivity contribution in [2.75, 3.05) is 0 Å². The van der Waals surface area contributed by atoms with Crippen LogP contribution in [0.3, 0.4) is 0 Å². The summed E-state index contributed by atoms with van der Waals surface area (Å²) in [7, 11) is -1.55. The first-order valence-corrected chi connectivity index (χ1v) is 7.20. The van der Waals surface area contributed by atoms with Crippen LogP contribution in [0.1, 0.15) is 27.7 Å². The fraction of sp³-hybridized carbons (Fsp3) is 0.875. The van der Waals surface area contributed by atoms with Gasteiger partial charge in [-0.2, -0.15) is 0 Å². The molecule has 72 valence electrons. The molecule has 0 spiro atoms. The van der Waals surface area contributed by atoms with Gasteiger partial charge in [-0.1, -0.05) is 33.9 Å². The molecule has 0 aromatic heterocycles. The van der Waals surface area contributed by atoms with Crippen molar-refractivity contribution in [3.05, 3.63) is 0 Å². The van der Waals surface area contributed by atoms with Crippen LogP contribution in [0.2, 0.25) is 18.1 Å². The minimum Gasteiger partial charge on any atom is -0.298 e. The number of amides is 1. The molecule has 0 fully saturated rings. The number of hydrogen-bond acceptors (Lipinski definition) is 2. The van der Waals surface area contributed by atoms with Crippen molar-refractivity contribution >= 4 is 14.1 Å². The lowest BCUT2D eigenvalue weighted by Crippen LogP contribution is -2.58. The Bertz CT molecular complexity index is 172. The zero-order valence-corrected chi connectivity index (χ0v) is 9.91. The number of carbonyl (C=O) groups is 1. The van der Waals surface area contributed by atoms with Crippen molar-refractivity contribution < 1.29 is 4.79 Å². The topological polar surface area (TPSA) is 41.1 Å². The summed E-state index contributed by atoms with van der Waals surface area (Å²) in [6.07, 6.45) is 0. The van der Waals surface area contributed by atoms with Crippen LogP contribution >= 0.6 is 0 Å². The molecule has 0 rings (SSSR count). The summed E-state index contributed by atoms with van der Waals surface area (Å²) in [6.45, 7) is 12.5. The van der Waals surface area contributed by atoms with E-state index in [0.29, 0.717) is 0 Å². The number of rotatable bonds is 2. The van der Waals surface area contributed by atoms with Gasteiger partial charge in [0.1, 0.15) is 8.24 Å². The average molecular weight is 188 g/mol. The molecule has 0 saturated carbocycles. The van der Waals surface area contributed by atoms with Gasteiger partial charge in [0.15, 0.2) is 0 Å². The molecule has 2 N–H and O–H groups in total. The van der Waals surface area contributed by atoms with E-state index in [1.54, 1.807) is 0 Å². The van der Waals surface area contributed by atoms with Gasteiger partial charge in [0, 0.05) is 6.92 Å². The molecule has 1 amide bonds. The first-order valence-electron chi connectivity index (χ1n) is 4.20. The van der Waals surface area contributed by atoms with Crippen molar-refractivity contribution in [2.24, 2.45) is 0 Å². The second kappa shape index (κ2) is 3.58. The Balaban J connectivity index is 4.14. The maximum Gasteiger partial charge on any atom is 0.230 e. The summed E-state index contributed by atoms with van der Waals surface area (Å²) < 4.78 is 0. The molecule has 0 aliphatic carbocycles. The molecule has 0 aromatic rings. The van der Waals surface area contributed by atoms with Gasteiger partial charge in [-0.3, -0.25) is 15.3 Å². The molecule has 12 heavy (non-hydrogen) atoms. The number of carbonyl (C=O) groups excluding carboxylic acids is 1. The van der Waals surface area contributed by atoms with Gasteiger partial charge >= 0.3 is 0 Å². The van der Waals surface area contributed by atoms with E-state index < -0.39 is 8.24 Å². The van der Waals surface area contributed by atoms with E-state index in [-0.39, 0.29) is 10.9 Å². The van der Waals surface area contributed by atoms with E-state index in [1.165, 1.54) is 6.92 Å². The molecule has 4 heteroatoms. The summed E-state index contributed by atoms with van der Waals surface area (Å²) in [5, 5.41) is 3.38. The van der Waals surface area contributed by atoms with Crippen LogP contribution in [0, 0.1) is 0 Å². The third-order valence-electron chi connectivity index (χ3n) is 2.43. The molecule has 0 heterocycles. The number of hydrazine groups is 1. The van der Waals surface area contributed by atoms with Crippen LogP contribution in [-0.4, -0.2) is 14.1 Å². The summed E-state index contributed by atoms with van der Waals surface area (Å²) in [5.74, 6) is -0.0279. The van der Waals surface area contributed by atoms with Crippen molar-refractivity contribution in [3.8, 4) is 0 Å². The molecule has 0 aliphatic rings. The normalized spacial score (nSPS) is 12.8. The van der Waals surface area contributed by atoms with Crippen molar-refractivity contribution in [3.63, 3.8) is 0 Å². The summed E-state index contributed by atoms with van der Waals surface area (Å²) in [5.41, 5.74) is 2.67. The molecular formula is C8H20N2OSi. The molecule has 0 aliphatic heterocycles. The van der Waals surface area contributed by atoms with Gasteiger partial charge in [-0.05, 0) is 5.04 Å². The zero-order valence-electron chi connectivity index (χ0n) is 8.91. The Morgan fingerprint density at radius 2 is 1.67 bits per heavy atom. The Morgan fingerprint density at radius 1 is 1.25 bits per heavy atom. The van der Waals surface area contributed by atoms with Crippen LogP contribution in [0.25, 0.3) is 0 Å². The van der Waals surface area contributed by atoms with Gasteiger partial charge in [-0.25, -0.2) is 0 Å². The van der Waals surface area contributed by atoms with Crippen LogP contribution in [0.5, 0.6) is 0 Å². The molecule has 0 saturated heterocycles. The molecule has 0 unspecified atom stereocenters. The van der Waals surface area contributed by atoms with E-state index in [2.05, 4.69) is 44.4 Å². The minimum absolute atomic E-state index is 0.0279. The van der Waals surface area contributed by atoms with Gasteiger partial charge in [-0.15, -0.1) is 0 Å². The predicted octanol–water partition coefficient (Wildman–Crippen LogP) is 1.63. The van der Waals surface area contributed by atoms with Gasteiger partial charge in [0.25, 0.3) is 0 Å². The molecule has 0 aromatic carbocycles. The standard InChI is InChI=1S/C8H20N2OSi/c1-7(11)9-10-12(5,6)8(2,3)4/h10H,1-6H3,(H,9,11). The van der Waals surface area contributed by atoms with E-state index in [4.69, 9.17) is 0 Å². The fourth-order valence-electron chi connectivity index (χ4n) is 0.432. The van der Waals surface area contributed by atoms with Crippen molar-refractivity contribution in [2.45, 2.75) is 45.8 Å². The average Bonchev–Trinajstić information content (AvgIpc) is 1.81. The molecule has 0 bridgehead atoms. The lowest BCUT2D eigenvalue weighted by molar-refractivity contribution is -0.119. The Kier molecular flexibility index (Phi) is 3.47. The predicted molar refractivity (Wildman–Crippen MR) is 54.1 cm³/mol. The third-order valence-corrected chi connectivity index (χ3v) is 6.93. The molecule has 3 nitrogen and oxygen atoms in total. The van der Waals surface area contributed by atoms with E-state index in [0.717, 1.165) is 0 Å². The van der Waals surface area contributed by atoms with Crippen LogP contribution in [0.15, 0.2) is 0 Å². The quantitative estimate of drug-likeness (QED) is 0.511. The minimum atomic E-state index is -1.55. The lowest BCUT2D eigenvalue weighted by Gasteiger charge is -2.36. The molecule has 0 radical (unpaired) electrons. The molecular weight excluding hydrogens is 168 g/mol. The van der Waals surface area contributed by atoms with Gasteiger partial charge in [0.2, 0.25) is 5.91 Å². The summed E-state index contributed by atoms with van der Waals surface area (Å²) in [6, 6.07) is 0. The monoisotopic (exact) mass is 188 g/mol. The zero-order chi connectivity index (χ0) is 9.99. The van der Waals surface area contributed by atoms with E-state index in [9.17, 15) is 4.79 Å². The maximum atomic E-state index is 10.7. The highest BCUT2D eigenvalue weighted by atomic mass is 28.3. The number of nitrogens with one attached hydrogen (secondary N) is 2. The first kappa shape index (κ1) is 11.6. The smallest absolute Gasteiger partial charge is 0.230 e. The third kappa shape index (κ3) is 3.36. The highest BCUT2D eigenvalue weighted by Crippen LogP contribution is 2.33. The Hall–Kier alpha value is -0.353. The van der Waals surface area contributed by atoms with E-state index in [1.807, 2.05) is 0 Å². The lowest BCUT2D eigenvalue weighted by atomic mass is 10.2. The maximum absolute atomic E-state index is 10.7. The summed E-state index contributed by atoms with van der Waals surface area (Å²) in [4.78, 5) is 10.7. The van der Waals surface area contributed by atoms with Gasteiger partial charge in [0.05, 0.1) is 0 Å². The largest absolute Gasteiger partial charge is 0.298 e. The summed E-state index contributed by atoms with van der Waals surface area (Å²) >= 11 is 0. The molecule has 0 atom stereocenters. The Morgan fingerprint density at radius 3 is 1.92 bits per heavy atom. The van der Waals surface area contributed by atoms with Crippen molar-refractivity contribution in [1.82, 2.24) is 10.5 Å². The first-order chi connectivity index (χ1) is 5.17. The van der Waals surface area contributed by atoms with Crippen molar-refractivity contribution in [1.29, 1.82) is 0 Å². The van der Waals surface area contributed by atoms with E-state index >= 15 is 0 Å².